The van der Waals surface area contributed by atoms with Gasteiger partial charge in [-0.25, -0.2) is 0 Å². The van der Waals surface area contributed by atoms with E-state index in [9.17, 15) is 0 Å². The van der Waals surface area contributed by atoms with Crippen molar-refractivity contribution >= 4 is 7.28 Å². The highest BCUT2D eigenvalue weighted by Crippen LogP contribution is 1.42. The maximum absolute atomic E-state index is 7.99. The van der Waals surface area contributed by atoms with Crippen LogP contribution in [-0.4, -0.2) is 25.3 Å². The first-order chi connectivity index (χ1) is 2.41. The first kappa shape index (κ1) is 4.98. The Kier molecular flexibility index (Phi) is 3.97. The highest BCUT2D eigenvalue weighted by Gasteiger charge is 1.74. The molecule has 0 rings (SSSR count). The number of nitrogens with two attached hydrogens (primary N) is 1. The maximum atomic E-state index is 7.99. The largest absolute Gasteiger partial charge is 0.405 e. The molecule has 0 bridgehead atoms. The van der Waals surface area contributed by atoms with Crippen LogP contribution < -0.4 is 5.73 Å². The Labute approximate surface area is 32.2 Å². The summed E-state index contributed by atoms with van der Waals surface area (Å²) in [6, 6.07) is 0. The van der Waals surface area contributed by atoms with Gasteiger partial charge in [0.05, 0.1) is 0 Å². The summed E-state index contributed by atoms with van der Waals surface area (Å²) < 4.78 is 0. The monoisotopic (exact) mass is 73.1 g/mol. The molecule has 5 heavy (non-hydrogen) atoms. The molecule has 3 N–H and O–H groups in total. The number of rotatable bonds is 2. The van der Waals surface area contributed by atoms with E-state index in [1.807, 2.05) is 0 Å². The molecule has 0 heterocycles. The van der Waals surface area contributed by atoms with Gasteiger partial charge in [-0.3, -0.25) is 0 Å². The molecule has 0 aromatic rings. The predicted octanol–water partition coefficient (Wildman–Crippen LogP) is -1.71. The summed E-state index contributed by atoms with van der Waals surface area (Å²) in [6.45, 7) is 0.219. The van der Waals surface area contributed by atoms with Gasteiger partial charge in [0.15, 0.2) is 7.28 Å². The average molecular weight is 72.9 g/mol. The third-order valence-electron chi connectivity index (χ3n) is 0.362. The zero-order valence-corrected chi connectivity index (χ0v) is 3.15. The quantitative estimate of drug-likeness (QED) is 0.382. The summed E-state index contributed by atoms with van der Waals surface area (Å²) in [4.78, 5) is 0. The Morgan fingerprint density at radius 2 is 2.40 bits per heavy atom. The van der Waals surface area contributed by atoms with E-state index in [1.54, 1.807) is 0 Å². The van der Waals surface area contributed by atoms with Crippen LogP contribution in [0.3, 0.4) is 0 Å². The van der Waals surface area contributed by atoms with E-state index in [0.29, 0.717) is 6.44 Å². The van der Waals surface area contributed by atoms with Crippen LogP contribution in [0.15, 0.2) is 0 Å². The van der Waals surface area contributed by atoms with Gasteiger partial charge < -0.3 is 10.8 Å². The predicted molar refractivity (Wildman–Crippen MR) is 23.3 cm³/mol. The molecule has 0 aliphatic heterocycles. The Morgan fingerprint density at radius 3 is 2.40 bits per heavy atom. The Hall–Kier alpha value is -0.0151. The van der Waals surface area contributed by atoms with Crippen molar-refractivity contribution < 1.29 is 5.11 Å². The fourth-order valence-electron chi connectivity index (χ4n) is 0.0913. The van der Waals surface area contributed by atoms with Gasteiger partial charge in [-0.15, -0.1) is 0 Å². The first-order valence-corrected chi connectivity index (χ1v) is 1.72. The van der Waals surface area contributed by atoms with E-state index < -0.39 is 0 Å². The normalized spacial score (nSPS) is 7.60. The second kappa shape index (κ2) is 3.98. The van der Waals surface area contributed by atoms with Gasteiger partial charge in [-0.2, -0.15) is 0 Å². The summed E-state index contributed by atoms with van der Waals surface area (Å²) >= 11 is 0. The lowest BCUT2D eigenvalue weighted by atomic mass is 9.81. The number of aliphatic hydroxyl groups excluding tert-OH is 1. The van der Waals surface area contributed by atoms with Crippen molar-refractivity contribution in [2.75, 3.05) is 13.0 Å². The molecule has 0 atom stereocenters. The van der Waals surface area contributed by atoms with Crippen LogP contribution >= 0.6 is 0 Å². The summed E-state index contributed by atoms with van der Waals surface area (Å²) in [7, 11) is 0.722. The first-order valence-electron chi connectivity index (χ1n) is 1.72. The second-order valence-electron chi connectivity index (χ2n) is 0.866. The number of hydrogen-bond donors (Lipinski definition) is 2. The van der Waals surface area contributed by atoms with Gasteiger partial charge in [0.25, 0.3) is 0 Å². The Bertz CT molecular complexity index is 17.1. The van der Waals surface area contributed by atoms with Gasteiger partial charge in [0.1, 0.15) is 0 Å². The minimum absolute atomic E-state index is 0.219. The molecule has 0 aromatic heterocycles. The van der Waals surface area contributed by atoms with Crippen LogP contribution in [0, 0.1) is 0 Å². The molecule has 0 aromatic carbocycles. The molecule has 2 nitrogen and oxygen atoms in total. The zero-order chi connectivity index (χ0) is 4.12. The molecule has 0 amide bonds. The van der Waals surface area contributed by atoms with E-state index in [4.69, 9.17) is 10.8 Å². The van der Waals surface area contributed by atoms with E-state index >= 15 is 0 Å². The lowest BCUT2D eigenvalue weighted by Crippen LogP contribution is -2.11. The lowest BCUT2D eigenvalue weighted by Gasteiger charge is -1.76. The van der Waals surface area contributed by atoms with E-state index in [2.05, 4.69) is 0 Å². The molecule has 0 aliphatic rings. The molecular weight excluding hydrogens is 64.8 g/mol. The highest BCUT2D eigenvalue weighted by atomic mass is 16.2. The minimum Gasteiger partial charge on any atom is -0.405 e. The van der Waals surface area contributed by atoms with Crippen LogP contribution in [0.5, 0.6) is 0 Å². The molecule has 30 valence electrons. The Balaban J connectivity index is 2.19. The van der Waals surface area contributed by atoms with Gasteiger partial charge in [-0.05, 0) is 6.44 Å². The topological polar surface area (TPSA) is 46.2 Å². The van der Waals surface area contributed by atoms with Crippen molar-refractivity contribution in [2.45, 2.75) is 0 Å². The van der Waals surface area contributed by atoms with Gasteiger partial charge >= 0.3 is 0 Å². The highest BCUT2D eigenvalue weighted by molar-refractivity contribution is 6.35. The maximum Gasteiger partial charge on any atom is 0.169 e. The van der Waals surface area contributed by atoms with Gasteiger partial charge in [0, 0.05) is 6.51 Å². The molecular formula is C2H8BNO. The van der Waals surface area contributed by atoms with Crippen molar-refractivity contribution in [2.24, 2.45) is 5.73 Å². The van der Waals surface area contributed by atoms with Crippen LogP contribution in [0.1, 0.15) is 0 Å². The van der Waals surface area contributed by atoms with Crippen molar-refractivity contribution in [3.63, 3.8) is 0 Å². The molecule has 0 fully saturated rings. The summed E-state index contributed by atoms with van der Waals surface area (Å²) in [6.07, 6.45) is 0.594. The molecule has 0 aliphatic carbocycles. The Morgan fingerprint density at radius 1 is 1.80 bits per heavy atom. The van der Waals surface area contributed by atoms with Gasteiger partial charge in [0.2, 0.25) is 0 Å². The summed E-state index contributed by atoms with van der Waals surface area (Å²) in [5.41, 5.74) is 4.98. The van der Waals surface area contributed by atoms with Crippen LogP contribution in [-0.2, 0) is 0 Å². The SMILES string of the molecule is NCBCO. The van der Waals surface area contributed by atoms with Crippen LogP contribution in [0.2, 0.25) is 0 Å². The third kappa shape index (κ3) is 3.98. The van der Waals surface area contributed by atoms with Crippen molar-refractivity contribution in [1.82, 2.24) is 0 Å². The van der Waals surface area contributed by atoms with Crippen molar-refractivity contribution in [1.29, 1.82) is 0 Å². The fraction of sp³-hybridized carbons (Fsp3) is 1.00. The number of hydrogen-bond acceptors (Lipinski definition) is 2. The number of aliphatic hydroxyl groups is 1. The van der Waals surface area contributed by atoms with E-state index in [1.165, 1.54) is 0 Å². The van der Waals surface area contributed by atoms with Crippen LogP contribution in [0.25, 0.3) is 0 Å². The standard InChI is InChI=1S/C2H8BNO/c4-1-3-2-5/h3,5H,1-2,4H2. The summed E-state index contributed by atoms with van der Waals surface area (Å²) in [5.74, 6) is 0. The van der Waals surface area contributed by atoms with E-state index in [0.717, 1.165) is 7.28 Å². The molecule has 3 heteroatoms. The van der Waals surface area contributed by atoms with Crippen LogP contribution in [0.4, 0.5) is 0 Å². The summed E-state index contributed by atoms with van der Waals surface area (Å²) in [5, 5.41) is 7.99. The smallest absolute Gasteiger partial charge is 0.169 e. The fourth-order valence-corrected chi connectivity index (χ4v) is 0.0913. The van der Waals surface area contributed by atoms with Gasteiger partial charge in [-0.1, -0.05) is 0 Å². The molecule has 0 saturated carbocycles. The third-order valence-corrected chi connectivity index (χ3v) is 0.362. The molecule has 0 radical (unpaired) electrons. The van der Waals surface area contributed by atoms with Crippen molar-refractivity contribution in [3.8, 4) is 0 Å². The second-order valence-corrected chi connectivity index (χ2v) is 0.866. The van der Waals surface area contributed by atoms with Crippen molar-refractivity contribution in [3.05, 3.63) is 0 Å². The van der Waals surface area contributed by atoms with E-state index in [-0.39, 0.29) is 6.51 Å². The minimum atomic E-state index is 0.219. The molecule has 0 saturated heterocycles. The zero-order valence-electron chi connectivity index (χ0n) is 3.15. The molecule has 0 unspecified atom stereocenters. The lowest BCUT2D eigenvalue weighted by molar-refractivity contribution is 0.366. The molecule has 0 spiro atoms. The average Bonchev–Trinajstić information content (AvgIpc) is 1.41.